The van der Waals surface area contributed by atoms with Crippen LogP contribution in [0.15, 0.2) is 97.2 Å². The number of hydrogen-bond acceptors (Lipinski definition) is 5. The number of rotatable bonds is 62. The minimum absolute atomic E-state index is 0.0652. The van der Waals surface area contributed by atoms with Gasteiger partial charge >= 0.3 is 11.9 Å². The summed E-state index contributed by atoms with van der Waals surface area (Å²) in [4.78, 5) is 24.6. The minimum Gasteiger partial charge on any atom is -0.462 e. The second kappa shape index (κ2) is 68.1. The molecule has 0 spiro atoms. The molecule has 0 aromatic carbocycles. The molecular formula is C73H128O5. The first kappa shape index (κ1) is 74.8. The van der Waals surface area contributed by atoms with Crippen LogP contribution in [0.1, 0.15) is 335 Å². The average molecular weight is 1090 g/mol. The molecule has 0 saturated heterocycles. The van der Waals surface area contributed by atoms with Crippen molar-refractivity contribution in [2.75, 3.05) is 13.2 Å². The maximum absolute atomic E-state index is 12.4. The summed E-state index contributed by atoms with van der Waals surface area (Å²) in [6.07, 6.45) is 97.2. The lowest BCUT2D eigenvalue weighted by Crippen LogP contribution is -2.28. The van der Waals surface area contributed by atoms with E-state index in [2.05, 4.69) is 111 Å². The average Bonchev–Trinajstić information content (AvgIpc) is 3.44. The molecule has 1 unspecified atom stereocenters. The Bertz CT molecular complexity index is 1460. The second-order valence-electron chi connectivity index (χ2n) is 22.5. The van der Waals surface area contributed by atoms with E-state index in [4.69, 9.17) is 9.47 Å². The summed E-state index contributed by atoms with van der Waals surface area (Å²) in [5, 5.41) is 9.70. The second-order valence-corrected chi connectivity index (χ2v) is 22.5. The highest BCUT2D eigenvalue weighted by molar-refractivity contribution is 5.70. The molecule has 0 aliphatic heterocycles. The van der Waals surface area contributed by atoms with Gasteiger partial charge in [-0.3, -0.25) is 9.59 Å². The number of esters is 2. The number of allylic oxidation sites excluding steroid dienone is 16. The van der Waals surface area contributed by atoms with Crippen molar-refractivity contribution in [3.8, 4) is 0 Å². The molecule has 1 atom stereocenters. The smallest absolute Gasteiger partial charge is 0.306 e. The summed E-state index contributed by atoms with van der Waals surface area (Å²) in [6, 6.07) is 0. The van der Waals surface area contributed by atoms with Crippen LogP contribution in [-0.2, 0) is 19.1 Å². The Balaban J connectivity index is 3.42. The number of unbranched alkanes of at least 4 members (excludes halogenated alkanes) is 38. The van der Waals surface area contributed by atoms with Crippen LogP contribution in [0.5, 0.6) is 0 Å². The van der Waals surface area contributed by atoms with E-state index in [0.29, 0.717) is 12.8 Å². The molecule has 0 fully saturated rings. The zero-order valence-corrected chi connectivity index (χ0v) is 51.7. The molecule has 1 N–H and O–H groups in total. The Morgan fingerprint density at radius 3 is 0.769 bits per heavy atom. The van der Waals surface area contributed by atoms with E-state index < -0.39 is 6.10 Å². The molecule has 0 rings (SSSR count). The summed E-state index contributed by atoms with van der Waals surface area (Å²) in [5.74, 6) is -0.578. The topological polar surface area (TPSA) is 72.8 Å². The van der Waals surface area contributed by atoms with E-state index in [9.17, 15) is 14.7 Å². The standard InChI is InChI=1S/C73H128O5/c1-3-5-7-9-11-13-15-17-19-21-23-25-27-29-31-32-33-34-35-36-37-38-39-40-42-44-46-48-50-52-54-56-58-60-62-64-66-68-73(76)78-71(69-74)70-77-72(75)67-65-63-61-59-57-55-53-51-49-47-45-43-41-30-28-26-24-22-20-18-16-14-12-10-8-6-4-2/h5-8,11-14,17-20,23-26,71,74H,3-4,9-10,15-16,21-22,27-70H2,1-2H3/b7-5-,8-6-,13-11-,14-12-,19-17-,20-18-,25-23-,26-24-. The Morgan fingerprint density at radius 2 is 0.513 bits per heavy atom. The molecule has 0 aromatic rings. The van der Waals surface area contributed by atoms with Gasteiger partial charge in [0, 0.05) is 12.8 Å². The van der Waals surface area contributed by atoms with Gasteiger partial charge in [-0.2, -0.15) is 0 Å². The van der Waals surface area contributed by atoms with Gasteiger partial charge in [-0.1, -0.05) is 329 Å². The van der Waals surface area contributed by atoms with Crippen LogP contribution in [-0.4, -0.2) is 36.4 Å². The van der Waals surface area contributed by atoms with Gasteiger partial charge in [0.1, 0.15) is 6.61 Å². The van der Waals surface area contributed by atoms with E-state index >= 15 is 0 Å². The SMILES string of the molecule is CC/C=C\C/C=C\C/C=C\C/C=C\CCCCCCCCCCCCCCCCCCCCCCCCCCC(=O)OC(CO)COC(=O)CCCCCCCCCCCCCCCC/C=C\C/C=C\C/C=C\C/C=C\CC. The molecule has 5 nitrogen and oxygen atoms in total. The molecule has 0 aromatic heterocycles. The fourth-order valence-electron chi connectivity index (χ4n) is 9.90. The van der Waals surface area contributed by atoms with Crippen LogP contribution in [0, 0.1) is 0 Å². The summed E-state index contributed by atoms with van der Waals surface area (Å²) in [5.41, 5.74) is 0. The number of carbonyl (C=O) groups excluding carboxylic acids is 2. The first-order valence-corrected chi connectivity index (χ1v) is 33.8. The first-order valence-electron chi connectivity index (χ1n) is 33.8. The number of ether oxygens (including phenoxy) is 2. The minimum atomic E-state index is -0.775. The summed E-state index contributed by atoms with van der Waals surface area (Å²) >= 11 is 0. The molecule has 78 heavy (non-hydrogen) atoms. The summed E-state index contributed by atoms with van der Waals surface area (Å²) < 4.78 is 10.8. The van der Waals surface area contributed by atoms with Crippen molar-refractivity contribution in [2.45, 2.75) is 341 Å². The maximum atomic E-state index is 12.4. The lowest BCUT2D eigenvalue weighted by molar-refractivity contribution is -0.161. The van der Waals surface area contributed by atoms with Gasteiger partial charge in [-0.15, -0.1) is 0 Å². The molecule has 0 saturated carbocycles. The maximum Gasteiger partial charge on any atom is 0.306 e. The van der Waals surface area contributed by atoms with Crippen molar-refractivity contribution in [3.63, 3.8) is 0 Å². The molecule has 0 heterocycles. The van der Waals surface area contributed by atoms with E-state index in [1.54, 1.807) is 0 Å². The fourth-order valence-corrected chi connectivity index (χ4v) is 9.90. The number of carbonyl (C=O) groups is 2. The van der Waals surface area contributed by atoms with E-state index in [1.807, 2.05) is 0 Å². The van der Waals surface area contributed by atoms with Crippen LogP contribution in [0.3, 0.4) is 0 Å². The molecular weight excluding hydrogens is 957 g/mol. The van der Waals surface area contributed by atoms with Gasteiger partial charge in [0.25, 0.3) is 0 Å². The Kier molecular flexibility index (Phi) is 65.3. The van der Waals surface area contributed by atoms with Crippen LogP contribution in [0.25, 0.3) is 0 Å². The quantitative estimate of drug-likeness (QED) is 0.0373. The zero-order chi connectivity index (χ0) is 56.2. The van der Waals surface area contributed by atoms with Crippen molar-refractivity contribution in [2.24, 2.45) is 0 Å². The zero-order valence-electron chi connectivity index (χ0n) is 51.7. The van der Waals surface area contributed by atoms with Crippen molar-refractivity contribution < 1.29 is 24.2 Å². The van der Waals surface area contributed by atoms with Crippen LogP contribution in [0.2, 0.25) is 0 Å². The van der Waals surface area contributed by atoms with E-state index in [0.717, 1.165) is 89.9 Å². The molecule has 5 heteroatoms. The summed E-state index contributed by atoms with van der Waals surface area (Å²) in [6.45, 7) is 3.95. The van der Waals surface area contributed by atoms with E-state index in [1.165, 1.54) is 218 Å². The first-order chi connectivity index (χ1) is 38.6. The predicted octanol–water partition coefficient (Wildman–Crippen LogP) is 23.4. The fraction of sp³-hybridized carbons (Fsp3) is 0.753. The molecule has 0 aliphatic carbocycles. The predicted molar refractivity (Wildman–Crippen MR) is 343 cm³/mol. The lowest BCUT2D eigenvalue weighted by Gasteiger charge is -2.15. The summed E-state index contributed by atoms with van der Waals surface area (Å²) in [7, 11) is 0. The van der Waals surface area contributed by atoms with Gasteiger partial charge in [-0.05, 0) is 89.9 Å². The monoisotopic (exact) mass is 1080 g/mol. The molecule has 0 bridgehead atoms. The van der Waals surface area contributed by atoms with Gasteiger partial charge in [0.2, 0.25) is 0 Å². The Morgan fingerprint density at radius 1 is 0.295 bits per heavy atom. The normalized spacial score (nSPS) is 12.8. The van der Waals surface area contributed by atoms with Crippen LogP contribution >= 0.6 is 0 Å². The van der Waals surface area contributed by atoms with Gasteiger partial charge < -0.3 is 14.6 Å². The number of hydrogen-bond donors (Lipinski definition) is 1. The van der Waals surface area contributed by atoms with Gasteiger partial charge in [-0.25, -0.2) is 0 Å². The largest absolute Gasteiger partial charge is 0.462 e. The van der Waals surface area contributed by atoms with E-state index in [-0.39, 0.29) is 25.2 Å². The third-order valence-corrected chi connectivity index (χ3v) is 14.9. The number of aliphatic hydroxyl groups is 1. The highest BCUT2D eigenvalue weighted by atomic mass is 16.6. The molecule has 0 aliphatic rings. The molecule has 0 amide bonds. The van der Waals surface area contributed by atoms with Crippen LogP contribution < -0.4 is 0 Å². The molecule has 0 radical (unpaired) electrons. The van der Waals surface area contributed by atoms with Crippen molar-refractivity contribution in [1.29, 1.82) is 0 Å². The molecule has 450 valence electrons. The van der Waals surface area contributed by atoms with Crippen molar-refractivity contribution in [3.05, 3.63) is 97.2 Å². The Hall–Kier alpha value is -3.18. The lowest BCUT2D eigenvalue weighted by atomic mass is 10.0. The van der Waals surface area contributed by atoms with Crippen molar-refractivity contribution in [1.82, 2.24) is 0 Å². The highest BCUT2D eigenvalue weighted by Gasteiger charge is 2.16. The Labute approximate surface area is 485 Å². The van der Waals surface area contributed by atoms with Gasteiger partial charge in [0.15, 0.2) is 6.10 Å². The number of aliphatic hydroxyl groups excluding tert-OH is 1. The highest BCUT2D eigenvalue weighted by Crippen LogP contribution is 2.18. The van der Waals surface area contributed by atoms with Gasteiger partial charge in [0.05, 0.1) is 6.61 Å². The third kappa shape index (κ3) is 65.3. The van der Waals surface area contributed by atoms with Crippen molar-refractivity contribution >= 4 is 11.9 Å². The van der Waals surface area contributed by atoms with Crippen LogP contribution in [0.4, 0.5) is 0 Å². The third-order valence-electron chi connectivity index (χ3n) is 14.9.